The van der Waals surface area contributed by atoms with Gasteiger partial charge in [-0.2, -0.15) is 5.10 Å². The molecule has 0 fully saturated rings. The molecule has 0 aliphatic carbocycles. The predicted molar refractivity (Wildman–Crippen MR) is 89.8 cm³/mol. The number of ether oxygens (including phenoxy) is 1. The van der Waals surface area contributed by atoms with Gasteiger partial charge in [0.25, 0.3) is 5.91 Å². The minimum atomic E-state index is -0.895. The molecule has 0 radical (unpaired) electrons. The van der Waals surface area contributed by atoms with Crippen LogP contribution in [0.4, 0.5) is 0 Å². The van der Waals surface area contributed by atoms with E-state index in [1.54, 1.807) is 13.0 Å². The molecule has 1 rings (SSSR count). The summed E-state index contributed by atoms with van der Waals surface area (Å²) >= 11 is 5.88. The van der Waals surface area contributed by atoms with Gasteiger partial charge in [0, 0.05) is 16.6 Å². The van der Waals surface area contributed by atoms with Gasteiger partial charge in [0.15, 0.2) is 6.61 Å². The maximum atomic E-state index is 11.6. The fourth-order valence-electron chi connectivity index (χ4n) is 1.50. The van der Waals surface area contributed by atoms with Crippen molar-refractivity contribution in [1.29, 1.82) is 0 Å². The summed E-state index contributed by atoms with van der Waals surface area (Å²) in [5.74, 6) is -2.01. The zero-order valence-electron chi connectivity index (χ0n) is 13.3. The SMILES string of the molecule is CC[C@@H](C)NC(=O)C(=O)N/N=C\c1cc(Cl)ccc1OCC(N)=O. The lowest BCUT2D eigenvalue weighted by atomic mass is 10.2. The van der Waals surface area contributed by atoms with Crippen LogP contribution in [0.2, 0.25) is 5.02 Å². The molecule has 3 amide bonds. The van der Waals surface area contributed by atoms with Crippen molar-refractivity contribution in [1.82, 2.24) is 10.7 Å². The van der Waals surface area contributed by atoms with E-state index in [1.165, 1.54) is 18.3 Å². The summed E-state index contributed by atoms with van der Waals surface area (Å²) < 4.78 is 5.21. The van der Waals surface area contributed by atoms with E-state index < -0.39 is 17.7 Å². The molecule has 130 valence electrons. The number of halogens is 1. The van der Waals surface area contributed by atoms with Gasteiger partial charge in [0.2, 0.25) is 0 Å². The number of hydrazone groups is 1. The first-order chi connectivity index (χ1) is 11.3. The van der Waals surface area contributed by atoms with Crippen molar-refractivity contribution < 1.29 is 19.1 Å². The average Bonchev–Trinajstić information content (AvgIpc) is 2.53. The fraction of sp³-hybridized carbons (Fsp3) is 0.333. The van der Waals surface area contributed by atoms with Gasteiger partial charge in [0.1, 0.15) is 5.75 Å². The number of carbonyl (C=O) groups excluding carboxylic acids is 3. The Balaban J connectivity index is 2.72. The Kier molecular flexibility index (Phi) is 7.70. The van der Waals surface area contributed by atoms with Crippen LogP contribution in [0, 0.1) is 0 Å². The second-order valence-corrected chi connectivity index (χ2v) is 5.36. The van der Waals surface area contributed by atoms with Crippen molar-refractivity contribution in [3.63, 3.8) is 0 Å². The molecule has 24 heavy (non-hydrogen) atoms. The summed E-state index contributed by atoms with van der Waals surface area (Å²) in [5, 5.41) is 6.60. The molecule has 1 aromatic carbocycles. The highest BCUT2D eigenvalue weighted by Crippen LogP contribution is 2.21. The van der Waals surface area contributed by atoms with E-state index in [0.717, 1.165) is 0 Å². The quantitative estimate of drug-likeness (QED) is 0.376. The molecule has 1 aromatic rings. The maximum Gasteiger partial charge on any atom is 0.329 e. The van der Waals surface area contributed by atoms with Crippen LogP contribution in [0.5, 0.6) is 5.75 Å². The predicted octanol–water partition coefficient (Wildman–Crippen LogP) is 0.569. The van der Waals surface area contributed by atoms with Crippen molar-refractivity contribution in [2.45, 2.75) is 26.3 Å². The molecule has 0 saturated heterocycles. The smallest absolute Gasteiger partial charge is 0.329 e. The Hall–Kier alpha value is -2.61. The lowest BCUT2D eigenvalue weighted by Gasteiger charge is -2.10. The largest absolute Gasteiger partial charge is 0.483 e. The van der Waals surface area contributed by atoms with Crippen molar-refractivity contribution in [3.8, 4) is 5.75 Å². The van der Waals surface area contributed by atoms with Crippen LogP contribution in [0.1, 0.15) is 25.8 Å². The summed E-state index contributed by atoms with van der Waals surface area (Å²) in [4.78, 5) is 33.9. The molecular formula is C15H19ClN4O4. The minimum Gasteiger partial charge on any atom is -0.483 e. The first-order valence-corrected chi connectivity index (χ1v) is 7.55. The fourth-order valence-corrected chi connectivity index (χ4v) is 1.68. The Morgan fingerprint density at radius 2 is 2.08 bits per heavy atom. The highest BCUT2D eigenvalue weighted by Gasteiger charge is 2.14. The lowest BCUT2D eigenvalue weighted by Crippen LogP contribution is -2.41. The van der Waals surface area contributed by atoms with Crippen LogP contribution in [0.3, 0.4) is 0 Å². The number of amides is 3. The Labute approximate surface area is 144 Å². The highest BCUT2D eigenvalue weighted by atomic mass is 35.5. The van der Waals surface area contributed by atoms with Crippen molar-refractivity contribution in [3.05, 3.63) is 28.8 Å². The van der Waals surface area contributed by atoms with Crippen LogP contribution in [-0.4, -0.2) is 36.6 Å². The molecule has 0 unspecified atom stereocenters. The molecule has 0 aromatic heterocycles. The number of carbonyl (C=O) groups is 3. The van der Waals surface area contributed by atoms with E-state index in [4.69, 9.17) is 22.1 Å². The zero-order chi connectivity index (χ0) is 18.1. The number of benzene rings is 1. The first-order valence-electron chi connectivity index (χ1n) is 7.18. The zero-order valence-corrected chi connectivity index (χ0v) is 14.1. The van der Waals surface area contributed by atoms with Gasteiger partial charge in [-0.15, -0.1) is 0 Å². The van der Waals surface area contributed by atoms with Gasteiger partial charge in [-0.25, -0.2) is 5.43 Å². The third-order valence-corrected chi connectivity index (χ3v) is 3.14. The Morgan fingerprint density at radius 3 is 2.71 bits per heavy atom. The van der Waals surface area contributed by atoms with E-state index in [9.17, 15) is 14.4 Å². The first kappa shape index (κ1) is 19.4. The third-order valence-electron chi connectivity index (χ3n) is 2.91. The number of hydrogen-bond acceptors (Lipinski definition) is 5. The number of rotatable bonds is 7. The number of primary amides is 1. The Bertz CT molecular complexity index is 648. The monoisotopic (exact) mass is 354 g/mol. The van der Waals surface area contributed by atoms with E-state index in [1.807, 2.05) is 6.92 Å². The summed E-state index contributed by atoms with van der Waals surface area (Å²) in [7, 11) is 0. The lowest BCUT2D eigenvalue weighted by molar-refractivity contribution is -0.139. The molecule has 0 bridgehead atoms. The summed E-state index contributed by atoms with van der Waals surface area (Å²) in [6.07, 6.45) is 1.95. The summed E-state index contributed by atoms with van der Waals surface area (Å²) in [6, 6.07) is 4.50. The Morgan fingerprint density at radius 1 is 1.38 bits per heavy atom. The topological polar surface area (TPSA) is 123 Å². The minimum absolute atomic E-state index is 0.117. The second kappa shape index (κ2) is 9.51. The van der Waals surface area contributed by atoms with Gasteiger partial charge < -0.3 is 15.8 Å². The van der Waals surface area contributed by atoms with Gasteiger partial charge >= 0.3 is 11.8 Å². The molecule has 4 N–H and O–H groups in total. The van der Waals surface area contributed by atoms with Crippen molar-refractivity contribution >= 4 is 35.5 Å². The average molecular weight is 355 g/mol. The van der Waals surface area contributed by atoms with Crippen molar-refractivity contribution in [2.24, 2.45) is 10.8 Å². The molecular weight excluding hydrogens is 336 g/mol. The maximum absolute atomic E-state index is 11.6. The molecule has 1 atom stereocenters. The number of nitrogens with two attached hydrogens (primary N) is 1. The highest BCUT2D eigenvalue weighted by molar-refractivity contribution is 6.35. The van der Waals surface area contributed by atoms with E-state index >= 15 is 0 Å². The van der Waals surface area contributed by atoms with Gasteiger partial charge in [-0.05, 0) is 31.5 Å². The number of nitrogens with one attached hydrogen (secondary N) is 2. The second-order valence-electron chi connectivity index (χ2n) is 4.92. The van der Waals surface area contributed by atoms with Crippen LogP contribution in [-0.2, 0) is 14.4 Å². The van der Waals surface area contributed by atoms with Gasteiger partial charge in [0.05, 0.1) is 6.21 Å². The molecule has 9 heteroatoms. The van der Waals surface area contributed by atoms with Crippen LogP contribution >= 0.6 is 11.6 Å². The molecule has 8 nitrogen and oxygen atoms in total. The number of nitrogens with zero attached hydrogens (tertiary/aromatic N) is 1. The molecule has 0 heterocycles. The van der Waals surface area contributed by atoms with E-state index in [-0.39, 0.29) is 12.6 Å². The molecule has 0 saturated carbocycles. The summed E-state index contributed by atoms with van der Waals surface area (Å²) in [5.41, 5.74) is 7.53. The van der Waals surface area contributed by atoms with E-state index in [0.29, 0.717) is 22.8 Å². The van der Waals surface area contributed by atoms with E-state index in [2.05, 4.69) is 15.8 Å². The normalized spacial score (nSPS) is 11.8. The van der Waals surface area contributed by atoms with Gasteiger partial charge in [-0.1, -0.05) is 18.5 Å². The van der Waals surface area contributed by atoms with Crippen LogP contribution in [0.15, 0.2) is 23.3 Å². The molecule has 0 aliphatic heterocycles. The van der Waals surface area contributed by atoms with Crippen LogP contribution in [0.25, 0.3) is 0 Å². The summed E-state index contributed by atoms with van der Waals surface area (Å²) in [6.45, 7) is 3.35. The molecule has 0 aliphatic rings. The third kappa shape index (κ3) is 6.66. The van der Waals surface area contributed by atoms with Crippen LogP contribution < -0.4 is 21.2 Å². The number of hydrogen-bond donors (Lipinski definition) is 3. The van der Waals surface area contributed by atoms with Gasteiger partial charge in [-0.3, -0.25) is 14.4 Å². The molecule has 0 spiro atoms. The van der Waals surface area contributed by atoms with Crippen molar-refractivity contribution in [2.75, 3.05) is 6.61 Å². The standard InChI is InChI=1S/C15H19ClN4O4/c1-3-9(2)19-14(22)15(23)20-18-7-10-6-11(16)4-5-12(10)24-8-13(17)21/h4-7,9H,3,8H2,1-2H3,(H2,17,21)(H,19,22)(H,20,23)/b18-7-/t9-/m1/s1.